The molecule has 1 aromatic carbocycles. The van der Waals surface area contributed by atoms with E-state index in [-0.39, 0.29) is 18.0 Å². The molecule has 0 aliphatic rings. The van der Waals surface area contributed by atoms with Gasteiger partial charge in [0.15, 0.2) is 11.3 Å². The summed E-state index contributed by atoms with van der Waals surface area (Å²) in [6, 6.07) is 9.93. The maximum atomic E-state index is 13.7. The van der Waals surface area contributed by atoms with Crippen molar-refractivity contribution in [2.24, 2.45) is 0 Å². The van der Waals surface area contributed by atoms with E-state index in [0.29, 0.717) is 12.1 Å². The maximum absolute atomic E-state index is 13.7. The highest BCUT2D eigenvalue weighted by Crippen LogP contribution is 2.22. The summed E-state index contributed by atoms with van der Waals surface area (Å²) >= 11 is 0. The second kappa shape index (κ2) is 6.75. The van der Waals surface area contributed by atoms with Crippen LogP contribution in [0.3, 0.4) is 0 Å². The van der Waals surface area contributed by atoms with Crippen LogP contribution in [-0.2, 0) is 11.2 Å². The van der Waals surface area contributed by atoms with Crippen LogP contribution in [0.5, 0.6) is 0 Å². The molecule has 7 heteroatoms. The molecule has 1 amide bonds. The van der Waals surface area contributed by atoms with Crippen LogP contribution < -0.4 is 5.32 Å². The van der Waals surface area contributed by atoms with Crippen LogP contribution >= 0.6 is 0 Å². The summed E-state index contributed by atoms with van der Waals surface area (Å²) in [7, 11) is 0. The first-order valence-electron chi connectivity index (χ1n) is 8.68. The number of benzene rings is 1. The van der Waals surface area contributed by atoms with Crippen molar-refractivity contribution in [3.05, 3.63) is 65.4 Å². The molecule has 3 aromatic heterocycles. The normalized spacial score (nSPS) is 11.2. The van der Waals surface area contributed by atoms with Gasteiger partial charge in [0.2, 0.25) is 5.91 Å². The van der Waals surface area contributed by atoms with Crippen molar-refractivity contribution in [1.29, 1.82) is 0 Å². The number of nitrogens with one attached hydrogen (secondary N) is 1. The Kier molecular flexibility index (Phi) is 4.27. The second-order valence-corrected chi connectivity index (χ2v) is 6.40. The SMILES string of the molecule is Cc1nc2c3cccnc3nn2c(C)c1CCC(=O)Nc1ccccc1F. The fourth-order valence-electron chi connectivity index (χ4n) is 3.24. The Balaban J connectivity index is 1.59. The lowest BCUT2D eigenvalue weighted by Crippen LogP contribution is -2.15. The van der Waals surface area contributed by atoms with E-state index in [9.17, 15) is 9.18 Å². The van der Waals surface area contributed by atoms with Gasteiger partial charge in [-0.3, -0.25) is 4.79 Å². The molecular formula is C20H18FN5O. The smallest absolute Gasteiger partial charge is 0.224 e. The van der Waals surface area contributed by atoms with Gasteiger partial charge in [-0.2, -0.15) is 0 Å². The lowest BCUT2D eigenvalue weighted by Gasteiger charge is -2.11. The van der Waals surface area contributed by atoms with E-state index in [2.05, 4.69) is 20.4 Å². The fourth-order valence-corrected chi connectivity index (χ4v) is 3.24. The van der Waals surface area contributed by atoms with Crippen molar-refractivity contribution in [3.63, 3.8) is 0 Å². The van der Waals surface area contributed by atoms with Gasteiger partial charge in [0.25, 0.3) is 0 Å². The third kappa shape index (κ3) is 3.12. The van der Waals surface area contributed by atoms with Crippen molar-refractivity contribution in [1.82, 2.24) is 19.6 Å². The molecule has 4 aromatic rings. The average molecular weight is 363 g/mol. The van der Waals surface area contributed by atoms with Gasteiger partial charge in [-0.1, -0.05) is 12.1 Å². The number of amides is 1. The van der Waals surface area contributed by atoms with Crippen LogP contribution in [0.4, 0.5) is 10.1 Å². The molecule has 0 atom stereocenters. The number of aromatic nitrogens is 4. The van der Waals surface area contributed by atoms with E-state index in [4.69, 9.17) is 0 Å². The molecule has 0 radical (unpaired) electrons. The zero-order chi connectivity index (χ0) is 19.0. The first kappa shape index (κ1) is 17.1. The van der Waals surface area contributed by atoms with Crippen LogP contribution in [0.15, 0.2) is 42.6 Å². The summed E-state index contributed by atoms with van der Waals surface area (Å²) in [5, 5.41) is 8.02. The Morgan fingerprint density at radius 3 is 2.81 bits per heavy atom. The molecule has 0 aliphatic carbocycles. The quantitative estimate of drug-likeness (QED) is 0.601. The van der Waals surface area contributed by atoms with Gasteiger partial charge in [-0.25, -0.2) is 18.9 Å². The van der Waals surface area contributed by atoms with Crippen LogP contribution in [0.25, 0.3) is 16.7 Å². The standard InChI is InChI=1S/C20H18FN5O/c1-12-14(9-10-18(27)24-17-8-4-3-7-16(17)21)13(2)26-20(23-12)15-6-5-11-22-19(15)25-26/h3-8,11H,9-10H2,1-2H3,(H,24,27). The number of fused-ring (bicyclic) bond motifs is 3. The predicted molar refractivity (Wildman–Crippen MR) is 101 cm³/mol. The molecule has 136 valence electrons. The lowest BCUT2D eigenvalue weighted by molar-refractivity contribution is -0.116. The maximum Gasteiger partial charge on any atom is 0.224 e. The molecular weight excluding hydrogens is 345 g/mol. The molecule has 0 spiro atoms. The number of halogens is 1. The Hall–Kier alpha value is -3.35. The number of para-hydroxylation sites is 1. The van der Waals surface area contributed by atoms with Gasteiger partial charge < -0.3 is 5.32 Å². The number of rotatable bonds is 4. The van der Waals surface area contributed by atoms with Gasteiger partial charge >= 0.3 is 0 Å². The molecule has 0 saturated carbocycles. The fraction of sp³-hybridized carbons (Fsp3) is 0.200. The monoisotopic (exact) mass is 363 g/mol. The van der Waals surface area contributed by atoms with E-state index in [1.54, 1.807) is 28.9 Å². The minimum absolute atomic E-state index is 0.189. The molecule has 1 N–H and O–H groups in total. The van der Waals surface area contributed by atoms with E-state index >= 15 is 0 Å². The van der Waals surface area contributed by atoms with Crippen molar-refractivity contribution in [2.75, 3.05) is 5.32 Å². The number of hydrogen-bond donors (Lipinski definition) is 1. The van der Waals surface area contributed by atoms with E-state index < -0.39 is 5.82 Å². The molecule has 3 heterocycles. The molecule has 0 saturated heterocycles. The Morgan fingerprint density at radius 1 is 1.19 bits per heavy atom. The Bertz CT molecular complexity index is 1170. The number of carbonyl (C=O) groups excluding carboxylic acids is 1. The molecule has 6 nitrogen and oxygen atoms in total. The molecule has 0 aliphatic heterocycles. The van der Waals surface area contributed by atoms with Crippen molar-refractivity contribution in [3.8, 4) is 0 Å². The van der Waals surface area contributed by atoms with Crippen molar-refractivity contribution in [2.45, 2.75) is 26.7 Å². The van der Waals surface area contributed by atoms with Gasteiger partial charge in [-0.05, 0) is 50.1 Å². The first-order valence-corrected chi connectivity index (χ1v) is 8.68. The van der Waals surface area contributed by atoms with E-state index in [1.807, 2.05) is 26.0 Å². The molecule has 0 unspecified atom stereocenters. The summed E-state index contributed by atoms with van der Waals surface area (Å²) in [6.07, 6.45) is 2.41. The van der Waals surface area contributed by atoms with Gasteiger partial charge in [0.1, 0.15) is 5.82 Å². The number of nitrogens with zero attached hydrogens (tertiary/aromatic N) is 4. The minimum atomic E-state index is -0.447. The largest absolute Gasteiger partial charge is 0.324 e. The number of hydrogen-bond acceptors (Lipinski definition) is 4. The van der Waals surface area contributed by atoms with Gasteiger partial charge in [0.05, 0.1) is 11.1 Å². The summed E-state index contributed by atoms with van der Waals surface area (Å²) in [6.45, 7) is 3.88. The number of aryl methyl sites for hydroxylation is 2. The zero-order valence-corrected chi connectivity index (χ0v) is 15.0. The average Bonchev–Trinajstić information content (AvgIpc) is 3.02. The van der Waals surface area contributed by atoms with Crippen LogP contribution in [0.2, 0.25) is 0 Å². The van der Waals surface area contributed by atoms with Crippen LogP contribution in [0.1, 0.15) is 23.4 Å². The summed E-state index contributed by atoms with van der Waals surface area (Å²) in [5.74, 6) is -0.691. The van der Waals surface area contributed by atoms with E-state index in [0.717, 1.165) is 28.0 Å². The lowest BCUT2D eigenvalue weighted by atomic mass is 10.1. The number of anilines is 1. The Labute approximate surface area is 155 Å². The molecule has 27 heavy (non-hydrogen) atoms. The predicted octanol–water partition coefficient (Wildman–Crippen LogP) is 3.60. The highest BCUT2D eigenvalue weighted by atomic mass is 19.1. The highest BCUT2D eigenvalue weighted by molar-refractivity contribution is 5.91. The van der Waals surface area contributed by atoms with Crippen molar-refractivity contribution >= 4 is 28.3 Å². The van der Waals surface area contributed by atoms with Gasteiger partial charge in [-0.15, -0.1) is 5.10 Å². The summed E-state index contributed by atoms with van der Waals surface area (Å²) in [4.78, 5) is 21.2. The number of carbonyl (C=O) groups is 1. The third-order valence-corrected chi connectivity index (χ3v) is 4.64. The highest BCUT2D eigenvalue weighted by Gasteiger charge is 2.15. The summed E-state index contributed by atoms with van der Waals surface area (Å²) in [5.41, 5.74) is 4.32. The minimum Gasteiger partial charge on any atom is -0.324 e. The molecule has 4 rings (SSSR count). The zero-order valence-electron chi connectivity index (χ0n) is 15.0. The number of pyridine rings is 1. The topological polar surface area (TPSA) is 72.2 Å². The van der Waals surface area contributed by atoms with E-state index in [1.165, 1.54) is 6.07 Å². The first-order chi connectivity index (χ1) is 13.0. The Morgan fingerprint density at radius 2 is 2.00 bits per heavy atom. The summed E-state index contributed by atoms with van der Waals surface area (Å²) < 4.78 is 15.4. The molecule has 0 bridgehead atoms. The third-order valence-electron chi connectivity index (χ3n) is 4.64. The van der Waals surface area contributed by atoms with Crippen molar-refractivity contribution < 1.29 is 9.18 Å². The van der Waals surface area contributed by atoms with Crippen LogP contribution in [0, 0.1) is 19.7 Å². The molecule has 0 fully saturated rings. The van der Waals surface area contributed by atoms with Gasteiger partial charge in [0, 0.05) is 24.0 Å². The van der Waals surface area contributed by atoms with Crippen LogP contribution in [-0.4, -0.2) is 25.5 Å². The second-order valence-electron chi connectivity index (χ2n) is 6.40.